The van der Waals surface area contributed by atoms with E-state index in [9.17, 15) is 18.0 Å². The summed E-state index contributed by atoms with van der Waals surface area (Å²) >= 11 is 0. The van der Waals surface area contributed by atoms with Crippen LogP contribution >= 0.6 is 0 Å². The summed E-state index contributed by atoms with van der Waals surface area (Å²) in [5.74, 6) is -0.341. The summed E-state index contributed by atoms with van der Waals surface area (Å²) in [5.41, 5.74) is 0.554. The van der Waals surface area contributed by atoms with Crippen molar-refractivity contribution in [1.29, 1.82) is 0 Å². The van der Waals surface area contributed by atoms with E-state index in [0.717, 1.165) is 17.0 Å². The van der Waals surface area contributed by atoms with Crippen LogP contribution in [-0.4, -0.2) is 60.5 Å². The summed E-state index contributed by atoms with van der Waals surface area (Å²) in [5, 5.41) is 1.77. The van der Waals surface area contributed by atoms with Gasteiger partial charge in [0.1, 0.15) is 6.04 Å². The molecule has 0 unspecified atom stereocenters. The molecule has 0 spiro atoms. The van der Waals surface area contributed by atoms with Crippen molar-refractivity contribution in [1.82, 2.24) is 9.21 Å². The van der Waals surface area contributed by atoms with Crippen LogP contribution in [0.1, 0.15) is 6.42 Å². The fourth-order valence-corrected chi connectivity index (χ4v) is 5.76. The standard InChI is InChI=1S/C18H17N3O4S/c1-26(24,25)19-10-12-9-15(19)16-17(22)21(18(23)20(12)16)14-8-4-6-11-5-2-3-7-13(11)14/h2-8,12,15-16H,9-10H2,1H3/t12-,15-,16-/m0/s1. The van der Waals surface area contributed by atoms with E-state index >= 15 is 0 Å². The van der Waals surface area contributed by atoms with Gasteiger partial charge in [0.2, 0.25) is 10.0 Å². The summed E-state index contributed by atoms with van der Waals surface area (Å²) in [7, 11) is -3.41. The number of carbonyl (C=O) groups is 2. The Labute approximate surface area is 150 Å². The molecule has 0 aliphatic carbocycles. The first-order valence-corrected chi connectivity index (χ1v) is 10.3. The molecule has 0 saturated carbocycles. The fraction of sp³-hybridized carbons (Fsp3) is 0.333. The highest BCUT2D eigenvalue weighted by Gasteiger charge is 2.63. The van der Waals surface area contributed by atoms with Crippen LogP contribution in [0.4, 0.5) is 10.5 Å². The highest BCUT2D eigenvalue weighted by Crippen LogP contribution is 2.44. The Balaban J connectivity index is 1.60. The zero-order valence-electron chi connectivity index (χ0n) is 14.1. The van der Waals surface area contributed by atoms with Gasteiger partial charge in [-0.05, 0) is 17.9 Å². The van der Waals surface area contributed by atoms with Gasteiger partial charge < -0.3 is 4.90 Å². The number of hydrogen-bond donors (Lipinski definition) is 0. The summed E-state index contributed by atoms with van der Waals surface area (Å²) < 4.78 is 25.4. The number of imide groups is 1. The average molecular weight is 371 g/mol. The number of nitrogens with zero attached hydrogens (tertiary/aromatic N) is 3. The van der Waals surface area contributed by atoms with Crippen molar-refractivity contribution in [2.45, 2.75) is 24.5 Å². The molecule has 0 radical (unpaired) electrons. The van der Waals surface area contributed by atoms with Gasteiger partial charge in [-0.25, -0.2) is 18.1 Å². The zero-order chi connectivity index (χ0) is 18.2. The van der Waals surface area contributed by atoms with Gasteiger partial charge in [-0.1, -0.05) is 36.4 Å². The van der Waals surface area contributed by atoms with Gasteiger partial charge in [-0.15, -0.1) is 0 Å². The number of urea groups is 1. The Bertz CT molecular complexity index is 1060. The minimum atomic E-state index is -3.41. The number of anilines is 1. The zero-order valence-corrected chi connectivity index (χ0v) is 14.9. The number of amides is 3. The van der Waals surface area contributed by atoms with Crippen LogP contribution < -0.4 is 4.90 Å². The average Bonchev–Trinajstić information content (AvgIpc) is 3.26. The highest BCUT2D eigenvalue weighted by molar-refractivity contribution is 7.88. The Morgan fingerprint density at radius 2 is 1.77 bits per heavy atom. The molecule has 2 bridgehead atoms. The predicted molar refractivity (Wildman–Crippen MR) is 96.2 cm³/mol. The lowest BCUT2D eigenvalue weighted by molar-refractivity contribution is -0.120. The first kappa shape index (κ1) is 15.8. The number of piperazine rings is 1. The van der Waals surface area contributed by atoms with E-state index in [1.54, 1.807) is 11.0 Å². The normalized spacial score (nSPS) is 28.4. The Hall–Kier alpha value is -2.45. The molecule has 3 fully saturated rings. The monoisotopic (exact) mass is 371 g/mol. The smallest absolute Gasteiger partial charge is 0.306 e. The summed E-state index contributed by atoms with van der Waals surface area (Å²) in [6.07, 6.45) is 1.68. The van der Waals surface area contributed by atoms with Gasteiger partial charge >= 0.3 is 6.03 Å². The van der Waals surface area contributed by atoms with E-state index in [-0.39, 0.29) is 24.5 Å². The Kier molecular flexibility index (Phi) is 3.06. The molecule has 0 aromatic heterocycles. The molecule has 5 rings (SSSR count). The van der Waals surface area contributed by atoms with Crippen molar-refractivity contribution < 1.29 is 18.0 Å². The molecule has 3 saturated heterocycles. The maximum atomic E-state index is 13.1. The molecule has 3 heterocycles. The number of carbonyl (C=O) groups excluding carboxylic acids is 2. The largest absolute Gasteiger partial charge is 0.332 e. The van der Waals surface area contributed by atoms with Gasteiger partial charge in [0.15, 0.2) is 0 Å². The lowest BCUT2D eigenvalue weighted by Crippen LogP contribution is -2.54. The molecule has 7 nitrogen and oxygen atoms in total. The second-order valence-electron chi connectivity index (χ2n) is 7.10. The molecule has 8 heteroatoms. The number of rotatable bonds is 2. The maximum Gasteiger partial charge on any atom is 0.332 e. The molecule has 3 aliphatic heterocycles. The van der Waals surface area contributed by atoms with Crippen molar-refractivity contribution in [2.24, 2.45) is 0 Å². The minimum Gasteiger partial charge on any atom is -0.306 e. The van der Waals surface area contributed by atoms with Crippen LogP contribution in [0, 0.1) is 0 Å². The first-order valence-electron chi connectivity index (χ1n) is 8.49. The van der Waals surface area contributed by atoms with E-state index in [1.807, 2.05) is 36.4 Å². The molecule has 26 heavy (non-hydrogen) atoms. The van der Waals surface area contributed by atoms with Crippen molar-refractivity contribution in [2.75, 3.05) is 17.7 Å². The number of hydrogen-bond acceptors (Lipinski definition) is 4. The van der Waals surface area contributed by atoms with Crippen LogP contribution in [0.3, 0.4) is 0 Å². The van der Waals surface area contributed by atoms with E-state index < -0.39 is 22.1 Å². The van der Waals surface area contributed by atoms with Crippen LogP contribution in [-0.2, 0) is 14.8 Å². The van der Waals surface area contributed by atoms with E-state index in [2.05, 4.69) is 0 Å². The Morgan fingerprint density at radius 1 is 1.04 bits per heavy atom. The molecular formula is C18H17N3O4S. The Morgan fingerprint density at radius 3 is 2.54 bits per heavy atom. The van der Waals surface area contributed by atoms with E-state index in [4.69, 9.17) is 0 Å². The second-order valence-corrected chi connectivity index (χ2v) is 9.03. The van der Waals surface area contributed by atoms with Crippen LogP contribution in [0.2, 0.25) is 0 Å². The topological polar surface area (TPSA) is 78.0 Å². The molecule has 134 valence electrons. The van der Waals surface area contributed by atoms with Gasteiger partial charge in [-0.2, -0.15) is 4.31 Å². The molecule has 2 aromatic rings. The molecule has 3 atom stereocenters. The third-order valence-corrected chi connectivity index (χ3v) is 6.92. The quantitative estimate of drug-likeness (QED) is 0.748. The van der Waals surface area contributed by atoms with Gasteiger partial charge in [0, 0.05) is 18.0 Å². The van der Waals surface area contributed by atoms with Crippen molar-refractivity contribution in [3.8, 4) is 0 Å². The first-order chi connectivity index (χ1) is 12.4. The van der Waals surface area contributed by atoms with Crippen molar-refractivity contribution in [3.05, 3.63) is 42.5 Å². The van der Waals surface area contributed by atoms with Gasteiger partial charge in [0.25, 0.3) is 5.91 Å². The number of benzene rings is 2. The van der Waals surface area contributed by atoms with E-state index in [1.165, 1.54) is 9.21 Å². The molecular weight excluding hydrogens is 354 g/mol. The lowest BCUT2D eigenvalue weighted by Gasteiger charge is -2.33. The summed E-state index contributed by atoms with van der Waals surface area (Å²) in [4.78, 5) is 29.0. The molecule has 2 aromatic carbocycles. The minimum absolute atomic E-state index is 0.240. The van der Waals surface area contributed by atoms with Crippen LogP contribution in [0.15, 0.2) is 42.5 Å². The summed E-state index contributed by atoms with van der Waals surface area (Å²) in [6.45, 7) is 0.266. The van der Waals surface area contributed by atoms with Gasteiger partial charge in [0.05, 0.1) is 18.0 Å². The third-order valence-electron chi connectivity index (χ3n) is 5.65. The third kappa shape index (κ3) is 1.94. The maximum absolute atomic E-state index is 13.1. The number of sulfonamides is 1. The highest BCUT2D eigenvalue weighted by atomic mass is 32.2. The SMILES string of the molecule is CS(=O)(=O)N1C[C@@H]2C[C@H]1[C@H]1C(=O)N(c3cccc4ccccc34)C(=O)N21. The fourth-order valence-electron chi connectivity index (χ4n) is 4.62. The van der Waals surface area contributed by atoms with Crippen molar-refractivity contribution >= 4 is 38.4 Å². The van der Waals surface area contributed by atoms with Gasteiger partial charge in [-0.3, -0.25) is 4.79 Å². The molecule has 3 amide bonds. The van der Waals surface area contributed by atoms with Crippen LogP contribution in [0.5, 0.6) is 0 Å². The van der Waals surface area contributed by atoms with Crippen molar-refractivity contribution in [3.63, 3.8) is 0 Å². The molecule has 3 aliphatic rings. The predicted octanol–water partition coefficient (Wildman–Crippen LogP) is 1.39. The molecule has 0 N–H and O–H groups in total. The number of fused-ring (bicyclic) bond motifs is 6. The lowest BCUT2D eigenvalue weighted by atomic mass is 10.1. The van der Waals surface area contributed by atoms with Crippen LogP contribution in [0.25, 0.3) is 10.8 Å². The van der Waals surface area contributed by atoms with E-state index in [0.29, 0.717) is 12.1 Å². The summed E-state index contributed by atoms with van der Waals surface area (Å²) in [6, 6.07) is 11.3. The second kappa shape index (κ2) is 5.05.